The van der Waals surface area contributed by atoms with Crippen LogP contribution in [-0.4, -0.2) is 38.6 Å². The van der Waals surface area contributed by atoms with Crippen LogP contribution in [0.5, 0.6) is 5.75 Å². The Balaban J connectivity index is 2.04. The zero-order valence-corrected chi connectivity index (χ0v) is 23.8. The summed E-state index contributed by atoms with van der Waals surface area (Å²) in [7, 11) is 1.62. The van der Waals surface area contributed by atoms with Gasteiger partial charge >= 0.3 is 0 Å². The van der Waals surface area contributed by atoms with E-state index in [0.717, 1.165) is 56.9 Å². The first kappa shape index (κ1) is 25.9. The van der Waals surface area contributed by atoms with E-state index in [-0.39, 0.29) is 22.4 Å². The summed E-state index contributed by atoms with van der Waals surface area (Å²) in [6, 6.07) is 6.07. The zero-order valence-electron chi connectivity index (χ0n) is 23.8. The summed E-state index contributed by atoms with van der Waals surface area (Å²) in [6.07, 6.45) is 1.37. The molecule has 2 aliphatic heterocycles. The molecule has 5 heterocycles. The van der Waals surface area contributed by atoms with Gasteiger partial charge in [-0.3, -0.25) is 19.6 Å². The van der Waals surface area contributed by atoms with E-state index in [2.05, 4.69) is 37.7 Å². The second-order valence-corrected chi connectivity index (χ2v) is 12.0. The third-order valence-corrected chi connectivity index (χ3v) is 8.02. The molecule has 3 aromatic rings. The zero-order chi connectivity index (χ0) is 27.7. The smallest absolute Gasteiger partial charge is 0.164 e. The van der Waals surface area contributed by atoms with E-state index < -0.39 is 0 Å². The quantitative estimate of drug-likeness (QED) is 0.396. The molecule has 38 heavy (non-hydrogen) atoms. The van der Waals surface area contributed by atoms with Gasteiger partial charge in [-0.2, -0.15) is 0 Å². The third kappa shape index (κ3) is 4.05. The number of rotatable bonds is 3. The van der Waals surface area contributed by atoms with Gasteiger partial charge in [0.1, 0.15) is 0 Å². The van der Waals surface area contributed by atoms with Crippen LogP contribution in [0.1, 0.15) is 96.2 Å². The lowest BCUT2D eigenvalue weighted by atomic mass is 9.86. The molecule has 0 fully saturated rings. The SMILES string of the molecule is COc1c2nc(cc3[nH]c(cc4nc(cc5[nH]c1c(C(C)=O)c5C)C(C)(C)C4)c(C(C)=O)c3C)C(C)(C)C2. The van der Waals surface area contributed by atoms with Crippen molar-refractivity contribution in [2.45, 2.75) is 79.1 Å². The van der Waals surface area contributed by atoms with Crippen LogP contribution in [0.4, 0.5) is 0 Å². The highest BCUT2D eigenvalue weighted by molar-refractivity contribution is 6.06. The van der Waals surface area contributed by atoms with Gasteiger partial charge in [0.2, 0.25) is 0 Å². The minimum atomic E-state index is -0.277. The lowest BCUT2D eigenvalue weighted by Gasteiger charge is -2.16. The molecule has 0 aliphatic carbocycles. The molecule has 2 N–H and O–H groups in total. The minimum Gasteiger partial charge on any atom is -0.493 e. The molecular weight excluding hydrogens is 476 g/mol. The molecule has 0 saturated heterocycles. The standard InChI is InChI=1S/C31H36N4O3/c1-15-20-11-25-31(7,8)14-23(34-25)29(38-9)28-27(18(4)37)16(2)21(35-28)12-24-30(5,6)13-19(32-24)10-22(33-20)26(15)17(3)36/h10-12,33,35H,13-14H2,1-9H3. The average Bonchev–Trinajstić information content (AvgIpc) is 3.46. The minimum absolute atomic E-state index is 0.0112. The van der Waals surface area contributed by atoms with E-state index in [1.54, 1.807) is 21.0 Å². The van der Waals surface area contributed by atoms with Crippen molar-refractivity contribution in [1.82, 2.24) is 19.9 Å². The number of H-pyrrole nitrogens is 2. The largest absolute Gasteiger partial charge is 0.493 e. The van der Waals surface area contributed by atoms with Gasteiger partial charge in [0.15, 0.2) is 17.3 Å². The van der Waals surface area contributed by atoms with Crippen LogP contribution in [-0.2, 0) is 23.7 Å². The van der Waals surface area contributed by atoms with E-state index in [1.165, 1.54) is 0 Å². The maximum Gasteiger partial charge on any atom is 0.164 e. The van der Waals surface area contributed by atoms with Gasteiger partial charge in [-0.05, 0) is 57.0 Å². The number of ketones is 2. The Morgan fingerprint density at radius 1 is 0.789 bits per heavy atom. The molecule has 8 bridgehead atoms. The van der Waals surface area contributed by atoms with Gasteiger partial charge in [0.25, 0.3) is 0 Å². The van der Waals surface area contributed by atoms with Gasteiger partial charge in [-0.15, -0.1) is 0 Å². The summed E-state index contributed by atoms with van der Waals surface area (Å²) >= 11 is 0. The number of nitrogens with one attached hydrogen (secondary N) is 2. The Labute approximate surface area is 223 Å². The van der Waals surface area contributed by atoms with Crippen molar-refractivity contribution < 1.29 is 14.3 Å². The van der Waals surface area contributed by atoms with E-state index >= 15 is 0 Å². The van der Waals surface area contributed by atoms with Crippen molar-refractivity contribution in [1.29, 1.82) is 0 Å². The normalized spacial score (nSPS) is 15.9. The molecule has 7 nitrogen and oxygen atoms in total. The Bertz CT molecular complexity index is 1680. The molecule has 0 radical (unpaired) electrons. The number of aromatic nitrogens is 4. The van der Waals surface area contributed by atoms with Crippen LogP contribution in [0.3, 0.4) is 0 Å². The number of Topliss-reactive ketones (excluding diaryl/α,β-unsaturated/α-hetero) is 2. The molecule has 3 aromatic heterocycles. The number of fused-ring (bicyclic) bond motifs is 8. The number of aromatic amines is 2. The first-order valence-electron chi connectivity index (χ1n) is 13.1. The molecule has 0 unspecified atom stereocenters. The monoisotopic (exact) mass is 512 g/mol. The number of aryl methyl sites for hydroxylation is 2. The molecule has 198 valence electrons. The first-order valence-corrected chi connectivity index (χ1v) is 13.1. The predicted octanol–water partition coefficient (Wildman–Crippen LogP) is 6.39. The van der Waals surface area contributed by atoms with Crippen LogP contribution in [0.15, 0.2) is 18.2 Å². The van der Waals surface area contributed by atoms with Crippen molar-refractivity contribution >= 4 is 33.6 Å². The number of nitrogens with zero attached hydrogens (tertiary/aromatic N) is 2. The van der Waals surface area contributed by atoms with Crippen molar-refractivity contribution in [3.63, 3.8) is 0 Å². The topological polar surface area (TPSA) is 101 Å². The van der Waals surface area contributed by atoms with E-state index in [4.69, 9.17) is 14.7 Å². The van der Waals surface area contributed by atoms with Crippen LogP contribution in [0.25, 0.3) is 22.1 Å². The van der Waals surface area contributed by atoms with Crippen molar-refractivity contribution in [2.24, 2.45) is 0 Å². The highest BCUT2D eigenvalue weighted by Gasteiger charge is 2.33. The van der Waals surface area contributed by atoms with Crippen LogP contribution >= 0.6 is 0 Å². The molecular formula is C31H36N4O3. The van der Waals surface area contributed by atoms with E-state index in [0.29, 0.717) is 28.8 Å². The Hall–Kier alpha value is -3.74. The number of methoxy groups -OCH3 is 1. The fourth-order valence-corrected chi connectivity index (χ4v) is 5.92. The molecule has 0 spiro atoms. The van der Waals surface area contributed by atoms with Gasteiger partial charge in [-0.1, -0.05) is 27.7 Å². The number of hydrogen-bond acceptors (Lipinski definition) is 5. The predicted molar refractivity (Wildman–Crippen MR) is 150 cm³/mol. The van der Waals surface area contributed by atoms with E-state index in [1.807, 2.05) is 32.0 Å². The highest BCUT2D eigenvalue weighted by atomic mass is 16.5. The van der Waals surface area contributed by atoms with Gasteiger partial charge in [0, 0.05) is 62.9 Å². The molecule has 5 rings (SSSR count). The summed E-state index contributed by atoms with van der Waals surface area (Å²) in [6.45, 7) is 15.7. The Morgan fingerprint density at radius 3 is 1.95 bits per heavy atom. The van der Waals surface area contributed by atoms with Crippen molar-refractivity contribution in [3.05, 3.63) is 63.2 Å². The van der Waals surface area contributed by atoms with Crippen molar-refractivity contribution in [2.75, 3.05) is 7.11 Å². The number of carbonyl (C=O) groups is 2. The number of hydrogen-bond donors (Lipinski definition) is 2. The second-order valence-electron chi connectivity index (χ2n) is 12.0. The Morgan fingerprint density at radius 2 is 1.34 bits per heavy atom. The lowest BCUT2D eigenvalue weighted by molar-refractivity contribution is 0.101. The average molecular weight is 513 g/mol. The van der Waals surface area contributed by atoms with Crippen LogP contribution in [0.2, 0.25) is 0 Å². The fourth-order valence-electron chi connectivity index (χ4n) is 5.92. The maximum absolute atomic E-state index is 12.9. The van der Waals surface area contributed by atoms with Crippen LogP contribution < -0.4 is 4.74 Å². The maximum atomic E-state index is 12.9. The fraction of sp³-hybridized carbons (Fsp3) is 0.419. The summed E-state index contributed by atoms with van der Waals surface area (Å²) < 4.78 is 5.94. The molecule has 0 saturated carbocycles. The third-order valence-electron chi connectivity index (χ3n) is 8.02. The summed E-state index contributed by atoms with van der Waals surface area (Å²) in [5.74, 6) is 0.550. The summed E-state index contributed by atoms with van der Waals surface area (Å²) in [5, 5.41) is 0. The van der Waals surface area contributed by atoms with Crippen molar-refractivity contribution in [3.8, 4) is 5.75 Å². The molecule has 2 aliphatic rings. The molecule has 0 amide bonds. The van der Waals surface area contributed by atoms with Gasteiger partial charge < -0.3 is 14.7 Å². The summed E-state index contributed by atoms with van der Waals surface area (Å²) in [5.41, 5.74) is 9.13. The molecule has 0 atom stereocenters. The van der Waals surface area contributed by atoms with Crippen LogP contribution in [0, 0.1) is 13.8 Å². The van der Waals surface area contributed by atoms with E-state index in [9.17, 15) is 9.59 Å². The summed E-state index contributed by atoms with van der Waals surface area (Å²) in [4.78, 5) is 42.6. The number of ether oxygens (including phenoxy) is 1. The molecule has 0 aromatic carbocycles. The van der Waals surface area contributed by atoms with Gasteiger partial charge in [-0.25, -0.2) is 0 Å². The highest BCUT2D eigenvalue weighted by Crippen LogP contribution is 2.39. The lowest BCUT2D eigenvalue weighted by Crippen LogP contribution is -2.15. The second kappa shape index (κ2) is 8.65. The van der Waals surface area contributed by atoms with Gasteiger partial charge in [0.05, 0.1) is 23.8 Å². The molecule has 7 heteroatoms. The Kier molecular flexibility index (Phi) is 5.89. The first-order chi connectivity index (χ1) is 17.7. The number of carbonyl (C=O) groups excluding carboxylic acids is 2.